The number of benzene rings is 1. The van der Waals surface area contributed by atoms with E-state index in [0.717, 1.165) is 12.0 Å². The van der Waals surface area contributed by atoms with Crippen LogP contribution in [0.15, 0.2) is 28.8 Å². The highest BCUT2D eigenvalue weighted by atomic mass is 35.5. The molecule has 1 aromatic carbocycles. The normalized spacial score (nSPS) is 14.4. The summed E-state index contributed by atoms with van der Waals surface area (Å²) in [5.74, 6) is 1.15. The number of hydrogen-bond acceptors (Lipinski definition) is 4. The van der Waals surface area contributed by atoms with Crippen LogP contribution < -0.4 is 5.73 Å². The fraction of sp³-hybridized carbons (Fsp3) is 0.385. The number of hydrogen-bond donors (Lipinski definition) is 1. The lowest BCUT2D eigenvalue weighted by Gasteiger charge is -2.20. The third-order valence-corrected chi connectivity index (χ3v) is 3.53. The fourth-order valence-electron chi connectivity index (χ4n) is 1.57. The molecule has 1 heterocycles. The van der Waals surface area contributed by atoms with Crippen molar-refractivity contribution in [2.24, 2.45) is 5.73 Å². The number of nitrogens with zero attached hydrogens (tertiary/aromatic N) is 2. The van der Waals surface area contributed by atoms with Crippen molar-refractivity contribution in [2.75, 3.05) is 6.54 Å². The zero-order chi connectivity index (χ0) is 13.2. The van der Waals surface area contributed by atoms with Crippen molar-refractivity contribution in [1.29, 1.82) is 0 Å². The summed E-state index contributed by atoms with van der Waals surface area (Å²) in [5, 5.41) is 4.68. The van der Waals surface area contributed by atoms with Crippen LogP contribution in [0.4, 0.5) is 0 Å². The van der Waals surface area contributed by atoms with Gasteiger partial charge in [0, 0.05) is 17.1 Å². The van der Waals surface area contributed by atoms with Gasteiger partial charge in [-0.15, -0.1) is 0 Å². The topological polar surface area (TPSA) is 64.9 Å². The first kappa shape index (κ1) is 13.1. The standard InChI is InChI=1S/C13H16ClN3O/c1-3-13(2,8-15)12-16-11(17-18-12)9-4-6-10(14)7-5-9/h4-7H,3,8,15H2,1-2H3. The highest BCUT2D eigenvalue weighted by Gasteiger charge is 2.29. The molecular weight excluding hydrogens is 250 g/mol. The first-order valence-corrected chi connectivity index (χ1v) is 6.27. The molecule has 0 radical (unpaired) electrons. The SMILES string of the molecule is CCC(C)(CN)c1nc(-c2ccc(Cl)cc2)no1. The Hall–Kier alpha value is -1.39. The van der Waals surface area contributed by atoms with Crippen LogP contribution in [0.25, 0.3) is 11.4 Å². The average molecular weight is 266 g/mol. The lowest BCUT2D eigenvalue weighted by molar-refractivity contribution is 0.291. The molecule has 0 fully saturated rings. The zero-order valence-electron chi connectivity index (χ0n) is 10.5. The quantitative estimate of drug-likeness (QED) is 0.923. The van der Waals surface area contributed by atoms with Crippen molar-refractivity contribution in [3.05, 3.63) is 35.2 Å². The molecule has 2 rings (SSSR count). The van der Waals surface area contributed by atoms with Gasteiger partial charge in [0.15, 0.2) is 0 Å². The molecule has 0 aliphatic heterocycles. The molecule has 0 saturated heterocycles. The summed E-state index contributed by atoms with van der Waals surface area (Å²) in [6.07, 6.45) is 0.853. The molecular formula is C13H16ClN3O. The van der Waals surface area contributed by atoms with Crippen LogP contribution in [0.1, 0.15) is 26.2 Å². The molecule has 5 heteroatoms. The van der Waals surface area contributed by atoms with Gasteiger partial charge in [-0.25, -0.2) is 0 Å². The van der Waals surface area contributed by atoms with E-state index in [2.05, 4.69) is 17.1 Å². The molecule has 96 valence electrons. The third-order valence-electron chi connectivity index (χ3n) is 3.28. The number of aromatic nitrogens is 2. The number of nitrogens with two attached hydrogens (primary N) is 1. The van der Waals surface area contributed by atoms with E-state index in [9.17, 15) is 0 Å². The molecule has 4 nitrogen and oxygen atoms in total. The largest absolute Gasteiger partial charge is 0.338 e. The zero-order valence-corrected chi connectivity index (χ0v) is 11.2. The van der Waals surface area contributed by atoms with Gasteiger partial charge in [0.05, 0.1) is 5.41 Å². The lowest BCUT2D eigenvalue weighted by atomic mass is 9.88. The summed E-state index contributed by atoms with van der Waals surface area (Å²) in [6, 6.07) is 7.33. The minimum atomic E-state index is -0.266. The van der Waals surface area contributed by atoms with Crippen LogP contribution in [-0.4, -0.2) is 16.7 Å². The van der Waals surface area contributed by atoms with Gasteiger partial charge in [0.1, 0.15) is 0 Å². The Balaban J connectivity index is 2.33. The van der Waals surface area contributed by atoms with E-state index in [1.165, 1.54) is 0 Å². The summed E-state index contributed by atoms with van der Waals surface area (Å²) in [5.41, 5.74) is 6.39. The second-order valence-electron chi connectivity index (χ2n) is 4.55. The summed E-state index contributed by atoms with van der Waals surface area (Å²) >= 11 is 5.84. The summed E-state index contributed by atoms with van der Waals surface area (Å²) in [7, 11) is 0. The van der Waals surface area contributed by atoms with Crippen molar-refractivity contribution >= 4 is 11.6 Å². The highest BCUT2D eigenvalue weighted by molar-refractivity contribution is 6.30. The molecule has 0 bridgehead atoms. The van der Waals surface area contributed by atoms with E-state index < -0.39 is 0 Å². The summed E-state index contributed by atoms with van der Waals surface area (Å²) < 4.78 is 5.32. The van der Waals surface area contributed by atoms with Crippen LogP contribution in [0.2, 0.25) is 5.02 Å². The monoisotopic (exact) mass is 265 g/mol. The fourth-order valence-corrected chi connectivity index (χ4v) is 1.69. The Morgan fingerprint density at radius 1 is 1.33 bits per heavy atom. The molecule has 2 N–H and O–H groups in total. The number of halogens is 1. The van der Waals surface area contributed by atoms with Crippen LogP contribution in [0.5, 0.6) is 0 Å². The van der Waals surface area contributed by atoms with Crippen LogP contribution in [0, 0.1) is 0 Å². The number of rotatable bonds is 4. The molecule has 0 aliphatic rings. The van der Waals surface area contributed by atoms with Crippen LogP contribution in [0.3, 0.4) is 0 Å². The average Bonchev–Trinajstić information content (AvgIpc) is 2.89. The molecule has 2 aromatic rings. The molecule has 0 spiro atoms. The highest BCUT2D eigenvalue weighted by Crippen LogP contribution is 2.27. The van der Waals surface area contributed by atoms with Gasteiger partial charge in [0.25, 0.3) is 0 Å². The van der Waals surface area contributed by atoms with Gasteiger partial charge in [-0.3, -0.25) is 0 Å². The lowest BCUT2D eigenvalue weighted by Crippen LogP contribution is -2.31. The predicted octanol–water partition coefficient (Wildman–Crippen LogP) is 3.02. The van der Waals surface area contributed by atoms with E-state index in [-0.39, 0.29) is 5.41 Å². The van der Waals surface area contributed by atoms with Gasteiger partial charge >= 0.3 is 0 Å². The minimum absolute atomic E-state index is 0.266. The molecule has 0 saturated carbocycles. The van der Waals surface area contributed by atoms with E-state index >= 15 is 0 Å². The van der Waals surface area contributed by atoms with Crippen molar-refractivity contribution in [1.82, 2.24) is 10.1 Å². The van der Waals surface area contributed by atoms with Gasteiger partial charge in [-0.05, 0) is 37.6 Å². The first-order valence-electron chi connectivity index (χ1n) is 5.89. The van der Waals surface area contributed by atoms with Crippen LogP contribution in [-0.2, 0) is 5.41 Å². The van der Waals surface area contributed by atoms with E-state index in [1.807, 2.05) is 19.1 Å². The molecule has 1 unspecified atom stereocenters. The van der Waals surface area contributed by atoms with E-state index in [4.69, 9.17) is 21.9 Å². The first-order chi connectivity index (χ1) is 8.59. The Morgan fingerprint density at radius 3 is 2.56 bits per heavy atom. The predicted molar refractivity (Wildman–Crippen MR) is 71.4 cm³/mol. The molecule has 1 aromatic heterocycles. The Bertz CT molecular complexity index is 517. The maximum atomic E-state index is 5.84. The van der Waals surface area contributed by atoms with Crippen molar-refractivity contribution in [3.63, 3.8) is 0 Å². The van der Waals surface area contributed by atoms with Gasteiger partial charge in [0.2, 0.25) is 11.7 Å². The molecule has 1 atom stereocenters. The molecule has 0 amide bonds. The summed E-state index contributed by atoms with van der Waals surface area (Å²) in [6.45, 7) is 4.55. The van der Waals surface area contributed by atoms with Crippen LogP contribution >= 0.6 is 11.6 Å². The molecule has 18 heavy (non-hydrogen) atoms. The third kappa shape index (κ3) is 2.40. The maximum Gasteiger partial charge on any atom is 0.234 e. The Labute approximate surface area is 111 Å². The Morgan fingerprint density at radius 2 is 2.00 bits per heavy atom. The Kier molecular flexibility index (Phi) is 3.68. The van der Waals surface area contributed by atoms with Crippen molar-refractivity contribution < 1.29 is 4.52 Å². The van der Waals surface area contributed by atoms with E-state index in [0.29, 0.717) is 23.3 Å². The maximum absolute atomic E-state index is 5.84. The second-order valence-corrected chi connectivity index (χ2v) is 4.98. The second kappa shape index (κ2) is 5.08. The van der Waals surface area contributed by atoms with Gasteiger partial charge < -0.3 is 10.3 Å². The van der Waals surface area contributed by atoms with Gasteiger partial charge in [-0.1, -0.05) is 23.7 Å². The minimum Gasteiger partial charge on any atom is -0.338 e. The van der Waals surface area contributed by atoms with Crippen molar-refractivity contribution in [3.8, 4) is 11.4 Å². The van der Waals surface area contributed by atoms with E-state index in [1.54, 1.807) is 12.1 Å². The summed E-state index contributed by atoms with van der Waals surface area (Å²) in [4.78, 5) is 4.42. The molecule has 0 aliphatic carbocycles. The smallest absolute Gasteiger partial charge is 0.234 e. The van der Waals surface area contributed by atoms with Gasteiger partial charge in [-0.2, -0.15) is 4.98 Å². The van der Waals surface area contributed by atoms with Crippen molar-refractivity contribution in [2.45, 2.75) is 25.7 Å².